The van der Waals surface area contributed by atoms with Crippen LogP contribution in [0.3, 0.4) is 0 Å². The second kappa shape index (κ2) is 7.17. The number of nitrogens with one attached hydrogen (secondary N) is 1. The Morgan fingerprint density at radius 2 is 2.10 bits per heavy atom. The molecule has 2 aromatic rings. The molecule has 1 aromatic carbocycles. The average Bonchev–Trinajstić information content (AvgIpc) is 2.90. The summed E-state index contributed by atoms with van der Waals surface area (Å²) in [4.78, 5) is 0. The number of aromatic nitrogens is 2. The summed E-state index contributed by atoms with van der Waals surface area (Å²) in [7, 11) is 1.78. The molecule has 0 saturated heterocycles. The average molecular weight is 295 g/mol. The smallest absolute Gasteiger partial charge is 0.387 e. The molecular formula is C15H19F2N3O. The number of benzene rings is 1. The molecule has 0 aliphatic rings. The maximum Gasteiger partial charge on any atom is 0.387 e. The fourth-order valence-electron chi connectivity index (χ4n) is 2.30. The van der Waals surface area contributed by atoms with Gasteiger partial charge in [-0.25, -0.2) is 0 Å². The number of nitrogens with zero attached hydrogens (tertiary/aromatic N) is 2. The van der Waals surface area contributed by atoms with Gasteiger partial charge in [0.2, 0.25) is 0 Å². The number of alkyl halides is 2. The Morgan fingerprint density at radius 1 is 1.33 bits per heavy atom. The summed E-state index contributed by atoms with van der Waals surface area (Å²) in [6.07, 6.45) is 4.65. The van der Waals surface area contributed by atoms with E-state index in [0.29, 0.717) is 5.56 Å². The van der Waals surface area contributed by atoms with Crippen molar-refractivity contribution in [3.63, 3.8) is 0 Å². The highest BCUT2D eigenvalue weighted by Gasteiger charge is 2.19. The van der Waals surface area contributed by atoms with Crippen molar-refractivity contribution in [2.45, 2.75) is 32.5 Å². The number of halogens is 2. The van der Waals surface area contributed by atoms with Crippen LogP contribution in [0.5, 0.6) is 5.75 Å². The van der Waals surface area contributed by atoms with Crippen LogP contribution < -0.4 is 10.1 Å². The maximum absolute atomic E-state index is 12.5. The zero-order valence-electron chi connectivity index (χ0n) is 12.1. The summed E-state index contributed by atoms with van der Waals surface area (Å²) in [6, 6.07) is 6.55. The third kappa shape index (κ3) is 3.78. The Morgan fingerprint density at radius 3 is 2.76 bits per heavy atom. The van der Waals surface area contributed by atoms with Crippen LogP contribution in [0, 0.1) is 0 Å². The number of para-hydroxylation sites is 1. The summed E-state index contributed by atoms with van der Waals surface area (Å²) in [6.45, 7) is 0.0559. The number of ether oxygens (including phenoxy) is 1. The second-order valence-corrected chi connectivity index (χ2v) is 4.67. The molecule has 21 heavy (non-hydrogen) atoms. The molecule has 0 radical (unpaired) electrons. The van der Waals surface area contributed by atoms with Crippen LogP contribution in [-0.2, 0) is 6.54 Å². The van der Waals surface area contributed by atoms with Crippen LogP contribution in [0.1, 0.15) is 30.5 Å². The summed E-state index contributed by atoms with van der Waals surface area (Å²) >= 11 is 0. The van der Waals surface area contributed by atoms with Crippen molar-refractivity contribution in [2.75, 3.05) is 7.05 Å². The van der Waals surface area contributed by atoms with Gasteiger partial charge >= 0.3 is 6.61 Å². The van der Waals surface area contributed by atoms with E-state index in [0.717, 1.165) is 18.5 Å². The Bertz CT molecular complexity index is 572. The topological polar surface area (TPSA) is 39.1 Å². The first-order valence-electron chi connectivity index (χ1n) is 6.89. The lowest BCUT2D eigenvalue weighted by Gasteiger charge is -2.18. The highest BCUT2D eigenvalue weighted by atomic mass is 19.3. The SMILES string of the molecule is CCCn1cc(C(NC)c2ccccc2OC(F)F)cn1. The molecule has 0 bridgehead atoms. The molecule has 114 valence electrons. The van der Waals surface area contributed by atoms with Crippen molar-refractivity contribution in [3.05, 3.63) is 47.8 Å². The minimum absolute atomic E-state index is 0.176. The van der Waals surface area contributed by atoms with Gasteiger partial charge < -0.3 is 10.1 Å². The van der Waals surface area contributed by atoms with E-state index in [1.807, 2.05) is 10.9 Å². The van der Waals surface area contributed by atoms with E-state index in [1.165, 1.54) is 0 Å². The van der Waals surface area contributed by atoms with E-state index in [-0.39, 0.29) is 11.8 Å². The second-order valence-electron chi connectivity index (χ2n) is 4.67. The molecule has 4 nitrogen and oxygen atoms in total. The number of aryl methyl sites for hydroxylation is 1. The summed E-state index contributed by atoms with van der Waals surface area (Å²) in [5, 5.41) is 7.40. The Kier molecular flexibility index (Phi) is 5.27. The summed E-state index contributed by atoms with van der Waals surface area (Å²) < 4.78 is 31.5. The van der Waals surface area contributed by atoms with E-state index in [2.05, 4.69) is 22.1 Å². The normalized spacial score (nSPS) is 12.6. The third-order valence-electron chi connectivity index (χ3n) is 3.17. The Balaban J connectivity index is 2.31. The molecule has 0 aliphatic heterocycles. The Labute approximate surface area is 122 Å². The van der Waals surface area contributed by atoms with Crippen LogP contribution in [0.25, 0.3) is 0 Å². The quantitative estimate of drug-likeness (QED) is 0.852. The first-order valence-corrected chi connectivity index (χ1v) is 6.89. The fourth-order valence-corrected chi connectivity index (χ4v) is 2.30. The number of hydrogen-bond acceptors (Lipinski definition) is 3. The minimum atomic E-state index is -2.84. The zero-order chi connectivity index (χ0) is 15.2. The van der Waals surface area contributed by atoms with Crippen LogP contribution in [-0.4, -0.2) is 23.4 Å². The van der Waals surface area contributed by atoms with Gasteiger partial charge in [0, 0.05) is 23.9 Å². The molecule has 1 aromatic heterocycles. The van der Waals surface area contributed by atoms with Gasteiger partial charge in [0.25, 0.3) is 0 Å². The van der Waals surface area contributed by atoms with E-state index in [4.69, 9.17) is 0 Å². The van der Waals surface area contributed by atoms with Gasteiger partial charge in [0.1, 0.15) is 5.75 Å². The van der Waals surface area contributed by atoms with Crippen molar-refractivity contribution >= 4 is 0 Å². The molecule has 1 atom stereocenters. The molecular weight excluding hydrogens is 276 g/mol. The van der Waals surface area contributed by atoms with Crippen molar-refractivity contribution in [1.82, 2.24) is 15.1 Å². The molecule has 1 N–H and O–H groups in total. The van der Waals surface area contributed by atoms with E-state index in [9.17, 15) is 8.78 Å². The van der Waals surface area contributed by atoms with Crippen LogP contribution in [0.2, 0.25) is 0 Å². The third-order valence-corrected chi connectivity index (χ3v) is 3.17. The monoisotopic (exact) mass is 295 g/mol. The summed E-state index contributed by atoms with van der Waals surface area (Å²) in [5.74, 6) is 0.176. The number of hydrogen-bond donors (Lipinski definition) is 1. The first kappa shape index (κ1) is 15.4. The van der Waals surface area contributed by atoms with Crippen LogP contribution in [0.15, 0.2) is 36.7 Å². The van der Waals surface area contributed by atoms with Crippen molar-refractivity contribution in [1.29, 1.82) is 0 Å². The fraction of sp³-hybridized carbons (Fsp3) is 0.400. The van der Waals surface area contributed by atoms with E-state index >= 15 is 0 Å². The van der Waals surface area contributed by atoms with Gasteiger partial charge in [-0.15, -0.1) is 0 Å². The van der Waals surface area contributed by atoms with Crippen LogP contribution in [0.4, 0.5) is 8.78 Å². The van der Waals surface area contributed by atoms with Crippen molar-refractivity contribution < 1.29 is 13.5 Å². The predicted molar refractivity (Wildman–Crippen MR) is 76.5 cm³/mol. The molecule has 0 saturated carbocycles. The molecule has 0 amide bonds. The lowest BCUT2D eigenvalue weighted by molar-refractivity contribution is -0.0506. The molecule has 2 rings (SSSR count). The minimum Gasteiger partial charge on any atom is -0.434 e. The molecule has 1 unspecified atom stereocenters. The van der Waals surface area contributed by atoms with Crippen molar-refractivity contribution in [3.8, 4) is 5.75 Å². The lowest BCUT2D eigenvalue weighted by Crippen LogP contribution is -2.19. The van der Waals surface area contributed by atoms with Crippen LogP contribution >= 0.6 is 0 Å². The molecule has 0 spiro atoms. The molecule has 1 heterocycles. The van der Waals surface area contributed by atoms with Crippen molar-refractivity contribution in [2.24, 2.45) is 0 Å². The number of rotatable bonds is 7. The van der Waals surface area contributed by atoms with Gasteiger partial charge in [0.05, 0.1) is 12.2 Å². The predicted octanol–water partition coefficient (Wildman–Crippen LogP) is 3.20. The highest BCUT2D eigenvalue weighted by molar-refractivity contribution is 5.40. The lowest BCUT2D eigenvalue weighted by atomic mass is 10.0. The van der Waals surface area contributed by atoms with Gasteiger partial charge in [-0.2, -0.15) is 13.9 Å². The van der Waals surface area contributed by atoms with Gasteiger partial charge in [-0.1, -0.05) is 25.1 Å². The summed E-state index contributed by atoms with van der Waals surface area (Å²) in [5.41, 5.74) is 1.58. The maximum atomic E-state index is 12.5. The molecule has 0 fully saturated rings. The first-order chi connectivity index (χ1) is 10.2. The largest absolute Gasteiger partial charge is 0.434 e. The van der Waals surface area contributed by atoms with Gasteiger partial charge in [-0.3, -0.25) is 4.68 Å². The highest BCUT2D eigenvalue weighted by Crippen LogP contribution is 2.30. The van der Waals surface area contributed by atoms with E-state index < -0.39 is 6.61 Å². The molecule has 6 heteroatoms. The molecule has 0 aliphatic carbocycles. The standard InChI is InChI=1S/C15H19F2N3O/c1-3-8-20-10-11(9-19-20)14(18-2)12-6-4-5-7-13(12)21-15(16)17/h4-7,9-10,14-15,18H,3,8H2,1-2H3. The van der Waals surface area contributed by atoms with Gasteiger partial charge in [0.15, 0.2) is 0 Å². The van der Waals surface area contributed by atoms with Gasteiger partial charge in [-0.05, 0) is 19.5 Å². The Hall–Kier alpha value is -1.95. The zero-order valence-corrected chi connectivity index (χ0v) is 12.1. The van der Waals surface area contributed by atoms with E-state index in [1.54, 1.807) is 37.5 Å².